The summed E-state index contributed by atoms with van der Waals surface area (Å²) in [6.45, 7) is 4.22. The SMILES string of the molecule is c1ccc(-n2ncc(CN3CCC4(CC3)OCCO4)n2)cc1. The highest BCUT2D eigenvalue weighted by molar-refractivity contribution is 5.28. The number of aromatic nitrogens is 3. The molecule has 0 N–H and O–H groups in total. The highest BCUT2D eigenvalue weighted by Gasteiger charge is 2.39. The van der Waals surface area contributed by atoms with Crippen LogP contribution in [0.4, 0.5) is 0 Å². The highest BCUT2D eigenvalue weighted by atomic mass is 16.7. The molecule has 6 heteroatoms. The van der Waals surface area contributed by atoms with Gasteiger partial charge in [-0.05, 0) is 12.1 Å². The van der Waals surface area contributed by atoms with Gasteiger partial charge in [-0.15, -0.1) is 0 Å². The van der Waals surface area contributed by atoms with Crippen LogP contribution in [0.25, 0.3) is 5.69 Å². The summed E-state index contributed by atoms with van der Waals surface area (Å²) >= 11 is 0. The van der Waals surface area contributed by atoms with Gasteiger partial charge < -0.3 is 9.47 Å². The largest absolute Gasteiger partial charge is 0.347 e. The summed E-state index contributed by atoms with van der Waals surface area (Å²) < 4.78 is 11.5. The first kappa shape index (κ1) is 13.9. The van der Waals surface area contributed by atoms with Crippen LogP contribution in [0.3, 0.4) is 0 Å². The van der Waals surface area contributed by atoms with Crippen LogP contribution in [-0.4, -0.2) is 52.0 Å². The number of hydrogen-bond donors (Lipinski definition) is 0. The molecule has 0 radical (unpaired) electrons. The third-order valence-electron chi connectivity index (χ3n) is 4.34. The maximum Gasteiger partial charge on any atom is 0.170 e. The summed E-state index contributed by atoms with van der Waals surface area (Å²) in [7, 11) is 0. The Labute approximate surface area is 129 Å². The van der Waals surface area contributed by atoms with Crippen LogP contribution >= 0.6 is 0 Å². The van der Waals surface area contributed by atoms with E-state index in [4.69, 9.17) is 9.47 Å². The molecule has 22 heavy (non-hydrogen) atoms. The zero-order valence-electron chi connectivity index (χ0n) is 12.5. The van der Waals surface area contributed by atoms with Crippen molar-refractivity contribution in [2.45, 2.75) is 25.2 Å². The van der Waals surface area contributed by atoms with Crippen LogP contribution < -0.4 is 0 Å². The number of para-hydroxylation sites is 1. The van der Waals surface area contributed by atoms with Crippen LogP contribution in [-0.2, 0) is 16.0 Å². The quantitative estimate of drug-likeness (QED) is 0.862. The third kappa shape index (κ3) is 2.77. The number of ether oxygens (including phenoxy) is 2. The Bertz CT molecular complexity index is 612. The molecule has 116 valence electrons. The lowest BCUT2D eigenvalue weighted by atomic mass is 10.0. The molecule has 0 aliphatic carbocycles. The van der Waals surface area contributed by atoms with Gasteiger partial charge in [-0.3, -0.25) is 4.90 Å². The second-order valence-corrected chi connectivity index (χ2v) is 5.84. The summed E-state index contributed by atoms with van der Waals surface area (Å²) in [5, 5.41) is 8.92. The van der Waals surface area contributed by atoms with Gasteiger partial charge in [0.15, 0.2) is 5.79 Å². The van der Waals surface area contributed by atoms with Crippen molar-refractivity contribution in [2.24, 2.45) is 0 Å². The average molecular weight is 300 g/mol. The Morgan fingerprint density at radius 2 is 1.77 bits per heavy atom. The van der Waals surface area contributed by atoms with E-state index in [1.807, 2.05) is 36.5 Å². The lowest BCUT2D eigenvalue weighted by molar-refractivity contribution is -0.185. The molecular formula is C16H20N4O2. The minimum absolute atomic E-state index is 0.307. The van der Waals surface area contributed by atoms with E-state index < -0.39 is 0 Å². The van der Waals surface area contributed by atoms with Crippen molar-refractivity contribution in [2.75, 3.05) is 26.3 Å². The van der Waals surface area contributed by atoms with Crippen molar-refractivity contribution in [3.05, 3.63) is 42.2 Å². The monoisotopic (exact) mass is 300 g/mol. The molecule has 1 aromatic heterocycles. The van der Waals surface area contributed by atoms with E-state index >= 15 is 0 Å². The maximum absolute atomic E-state index is 5.76. The fraction of sp³-hybridized carbons (Fsp3) is 0.500. The second-order valence-electron chi connectivity index (χ2n) is 5.84. The van der Waals surface area contributed by atoms with Crippen molar-refractivity contribution in [3.63, 3.8) is 0 Å². The average Bonchev–Trinajstić information content (AvgIpc) is 3.21. The van der Waals surface area contributed by atoms with Gasteiger partial charge in [0, 0.05) is 32.5 Å². The zero-order valence-corrected chi connectivity index (χ0v) is 12.5. The van der Waals surface area contributed by atoms with Gasteiger partial charge in [-0.1, -0.05) is 18.2 Å². The molecule has 4 rings (SSSR count). The number of benzene rings is 1. The predicted octanol–water partition coefficient (Wildman–Crippen LogP) is 1.61. The van der Waals surface area contributed by atoms with E-state index in [9.17, 15) is 0 Å². The molecule has 3 heterocycles. The van der Waals surface area contributed by atoms with Crippen molar-refractivity contribution in [3.8, 4) is 5.69 Å². The second kappa shape index (κ2) is 5.79. The topological polar surface area (TPSA) is 52.4 Å². The summed E-state index contributed by atoms with van der Waals surface area (Å²) in [4.78, 5) is 4.07. The van der Waals surface area contributed by atoms with Gasteiger partial charge in [0.05, 0.1) is 30.8 Å². The molecule has 0 unspecified atom stereocenters. The molecular weight excluding hydrogens is 280 g/mol. The van der Waals surface area contributed by atoms with Gasteiger partial charge in [-0.25, -0.2) is 0 Å². The van der Waals surface area contributed by atoms with E-state index in [-0.39, 0.29) is 5.79 Å². The van der Waals surface area contributed by atoms with E-state index in [1.165, 1.54) is 0 Å². The fourth-order valence-electron chi connectivity index (χ4n) is 3.12. The Morgan fingerprint density at radius 3 is 2.50 bits per heavy atom. The summed E-state index contributed by atoms with van der Waals surface area (Å²) in [6, 6.07) is 9.98. The summed E-state index contributed by atoms with van der Waals surface area (Å²) in [5.74, 6) is -0.307. The number of likely N-dealkylation sites (tertiary alicyclic amines) is 1. The molecule has 1 aromatic carbocycles. The normalized spacial score (nSPS) is 21.5. The lowest BCUT2D eigenvalue weighted by Crippen LogP contribution is -2.44. The number of hydrogen-bond acceptors (Lipinski definition) is 5. The molecule has 6 nitrogen and oxygen atoms in total. The molecule has 2 aromatic rings. The first-order chi connectivity index (χ1) is 10.8. The smallest absolute Gasteiger partial charge is 0.170 e. The van der Waals surface area contributed by atoms with Crippen molar-refractivity contribution >= 4 is 0 Å². The molecule has 0 amide bonds. The summed E-state index contributed by atoms with van der Waals surface area (Å²) in [6.07, 6.45) is 3.71. The molecule has 0 bridgehead atoms. The fourth-order valence-corrected chi connectivity index (χ4v) is 3.12. The Kier molecular flexibility index (Phi) is 3.65. The van der Waals surface area contributed by atoms with Gasteiger partial charge in [0.25, 0.3) is 0 Å². The number of nitrogens with zero attached hydrogens (tertiary/aromatic N) is 4. The van der Waals surface area contributed by atoms with Gasteiger partial charge >= 0.3 is 0 Å². The zero-order chi connectivity index (χ0) is 14.8. The van der Waals surface area contributed by atoms with E-state index in [0.717, 1.165) is 57.1 Å². The Morgan fingerprint density at radius 1 is 1.05 bits per heavy atom. The molecule has 2 fully saturated rings. The minimum Gasteiger partial charge on any atom is -0.347 e. The molecule has 1 spiro atoms. The van der Waals surface area contributed by atoms with Gasteiger partial charge in [-0.2, -0.15) is 15.0 Å². The van der Waals surface area contributed by atoms with Crippen LogP contribution in [0, 0.1) is 0 Å². The lowest BCUT2D eigenvalue weighted by Gasteiger charge is -2.37. The molecule has 2 aliphatic rings. The number of rotatable bonds is 3. The first-order valence-electron chi connectivity index (χ1n) is 7.80. The first-order valence-corrected chi connectivity index (χ1v) is 7.80. The van der Waals surface area contributed by atoms with Crippen LogP contribution in [0.15, 0.2) is 36.5 Å². The van der Waals surface area contributed by atoms with Gasteiger partial charge in [0.2, 0.25) is 0 Å². The minimum atomic E-state index is -0.307. The number of piperidine rings is 1. The molecule has 0 saturated carbocycles. The Hall–Kier alpha value is -1.76. The van der Waals surface area contributed by atoms with Crippen LogP contribution in [0.5, 0.6) is 0 Å². The Balaban J connectivity index is 1.37. The van der Waals surface area contributed by atoms with Crippen LogP contribution in [0.2, 0.25) is 0 Å². The third-order valence-corrected chi connectivity index (χ3v) is 4.34. The van der Waals surface area contributed by atoms with Crippen molar-refractivity contribution in [1.82, 2.24) is 19.9 Å². The molecule has 0 atom stereocenters. The van der Waals surface area contributed by atoms with Crippen molar-refractivity contribution in [1.29, 1.82) is 0 Å². The van der Waals surface area contributed by atoms with E-state index in [2.05, 4.69) is 15.1 Å². The maximum atomic E-state index is 5.76. The summed E-state index contributed by atoms with van der Waals surface area (Å²) in [5.41, 5.74) is 1.98. The van der Waals surface area contributed by atoms with Crippen molar-refractivity contribution < 1.29 is 9.47 Å². The molecule has 2 aliphatic heterocycles. The standard InChI is InChI=1S/C16H20N4O2/c1-2-4-15(5-3-1)20-17-12-14(18-20)13-19-8-6-16(7-9-19)21-10-11-22-16/h1-5,12H,6-11,13H2. The van der Waals surface area contributed by atoms with E-state index in [1.54, 1.807) is 4.80 Å². The molecule has 2 saturated heterocycles. The van der Waals surface area contributed by atoms with E-state index in [0.29, 0.717) is 0 Å². The van der Waals surface area contributed by atoms with Gasteiger partial charge in [0.1, 0.15) is 0 Å². The highest BCUT2D eigenvalue weighted by Crippen LogP contribution is 2.31. The predicted molar refractivity (Wildman–Crippen MR) is 80.5 cm³/mol. The van der Waals surface area contributed by atoms with Crippen LogP contribution in [0.1, 0.15) is 18.5 Å².